The molecule has 0 bridgehead atoms. The van der Waals surface area contributed by atoms with Crippen LogP contribution in [0.3, 0.4) is 0 Å². The molecule has 1 aromatic carbocycles. The van der Waals surface area contributed by atoms with Crippen LogP contribution in [-0.2, 0) is 20.9 Å². The third-order valence-electron chi connectivity index (χ3n) is 2.49. The third kappa shape index (κ3) is 7.56. The lowest BCUT2D eigenvalue weighted by molar-refractivity contribution is -0.146. The molecule has 0 spiro atoms. The fourth-order valence-corrected chi connectivity index (χ4v) is 1.47. The summed E-state index contributed by atoms with van der Waals surface area (Å²) in [5.41, 5.74) is 0.977. The Morgan fingerprint density at radius 3 is 2.68 bits per heavy atom. The van der Waals surface area contributed by atoms with Crippen molar-refractivity contribution in [3.8, 4) is 0 Å². The van der Waals surface area contributed by atoms with Gasteiger partial charge in [-0.15, -0.1) is 0 Å². The predicted octanol–water partition coefficient (Wildman–Crippen LogP) is 0.670. The SMILES string of the molecule is CN(CCOCCO)CC(=O)OCc1ccccc1. The average molecular weight is 267 g/mol. The van der Waals surface area contributed by atoms with E-state index in [1.807, 2.05) is 42.3 Å². The quantitative estimate of drug-likeness (QED) is 0.526. The molecular formula is C14H21NO4. The zero-order valence-corrected chi connectivity index (χ0v) is 11.2. The van der Waals surface area contributed by atoms with Crippen LogP contribution in [0.15, 0.2) is 30.3 Å². The van der Waals surface area contributed by atoms with E-state index in [4.69, 9.17) is 14.6 Å². The minimum Gasteiger partial charge on any atom is -0.460 e. The van der Waals surface area contributed by atoms with Crippen LogP contribution in [-0.4, -0.2) is 55.9 Å². The summed E-state index contributed by atoms with van der Waals surface area (Å²) >= 11 is 0. The van der Waals surface area contributed by atoms with Crippen LogP contribution >= 0.6 is 0 Å². The van der Waals surface area contributed by atoms with Crippen molar-refractivity contribution >= 4 is 5.97 Å². The molecule has 1 N–H and O–H groups in total. The van der Waals surface area contributed by atoms with Gasteiger partial charge in [-0.2, -0.15) is 0 Å². The smallest absolute Gasteiger partial charge is 0.320 e. The Labute approximate surface area is 113 Å². The summed E-state index contributed by atoms with van der Waals surface area (Å²) in [6.45, 7) is 1.99. The highest BCUT2D eigenvalue weighted by atomic mass is 16.5. The van der Waals surface area contributed by atoms with Crippen LogP contribution in [0.5, 0.6) is 0 Å². The number of esters is 1. The Hall–Kier alpha value is -1.43. The molecule has 0 unspecified atom stereocenters. The standard InChI is InChI=1S/C14H21NO4/c1-15(7-9-18-10-8-16)11-14(17)19-12-13-5-3-2-4-6-13/h2-6,16H,7-12H2,1H3. The lowest BCUT2D eigenvalue weighted by Crippen LogP contribution is -2.30. The number of hydrogen-bond acceptors (Lipinski definition) is 5. The number of ether oxygens (including phenoxy) is 2. The summed E-state index contributed by atoms with van der Waals surface area (Å²) < 4.78 is 10.3. The molecule has 1 aromatic rings. The molecule has 0 aliphatic heterocycles. The van der Waals surface area contributed by atoms with Crippen LogP contribution in [0.2, 0.25) is 0 Å². The molecule has 0 radical (unpaired) electrons. The number of hydrogen-bond donors (Lipinski definition) is 1. The molecule has 5 heteroatoms. The van der Waals surface area contributed by atoms with Crippen molar-refractivity contribution in [2.75, 3.05) is 40.0 Å². The Morgan fingerprint density at radius 1 is 1.26 bits per heavy atom. The largest absolute Gasteiger partial charge is 0.460 e. The van der Waals surface area contributed by atoms with E-state index in [0.717, 1.165) is 5.56 Å². The fraction of sp³-hybridized carbons (Fsp3) is 0.500. The first-order chi connectivity index (χ1) is 9.22. The summed E-state index contributed by atoms with van der Waals surface area (Å²) in [6.07, 6.45) is 0. The number of carbonyl (C=O) groups is 1. The second kappa shape index (κ2) is 9.49. The first-order valence-electron chi connectivity index (χ1n) is 6.29. The van der Waals surface area contributed by atoms with Crippen molar-refractivity contribution < 1.29 is 19.4 Å². The van der Waals surface area contributed by atoms with Gasteiger partial charge >= 0.3 is 5.97 Å². The van der Waals surface area contributed by atoms with Gasteiger partial charge in [0, 0.05) is 6.54 Å². The molecule has 0 fully saturated rings. The Kier molecular flexibility index (Phi) is 7.81. The predicted molar refractivity (Wildman–Crippen MR) is 71.6 cm³/mol. The lowest BCUT2D eigenvalue weighted by Gasteiger charge is -2.15. The number of nitrogens with zero attached hydrogens (tertiary/aromatic N) is 1. The highest BCUT2D eigenvalue weighted by molar-refractivity contribution is 5.71. The van der Waals surface area contributed by atoms with E-state index in [0.29, 0.717) is 26.4 Å². The van der Waals surface area contributed by atoms with Gasteiger partial charge in [0.1, 0.15) is 6.61 Å². The molecule has 0 aliphatic carbocycles. The van der Waals surface area contributed by atoms with Crippen molar-refractivity contribution in [1.82, 2.24) is 4.90 Å². The monoisotopic (exact) mass is 267 g/mol. The summed E-state index contributed by atoms with van der Waals surface area (Å²) in [4.78, 5) is 13.4. The number of aliphatic hydroxyl groups excluding tert-OH is 1. The first-order valence-corrected chi connectivity index (χ1v) is 6.29. The van der Waals surface area contributed by atoms with Crippen LogP contribution < -0.4 is 0 Å². The van der Waals surface area contributed by atoms with Gasteiger partial charge in [-0.3, -0.25) is 9.69 Å². The Balaban J connectivity index is 2.13. The summed E-state index contributed by atoms with van der Waals surface area (Å²) in [5.74, 6) is -0.256. The molecule has 0 atom stereocenters. The second-order valence-electron chi connectivity index (χ2n) is 4.22. The molecule has 0 saturated carbocycles. The molecule has 0 aromatic heterocycles. The van der Waals surface area contributed by atoms with E-state index in [9.17, 15) is 4.79 Å². The van der Waals surface area contributed by atoms with E-state index < -0.39 is 0 Å². The maximum atomic E-state index is 11.6. The molecule has 5 nitrogen and oxygen atoms in total. The van der Waals surface area contributed by atoms with Gasteiger partial charge in [0.2, 0.25) is 0 Å². The van der Waals surface area contributed by atoms with E-state index in [1.165, 1.54) is 0 Å². The normalized spacial score (nSPS) is 10.7. The summed E-state index contributed by atoms with van der Waals surface area (Å²) in [6, 6.07) is 9.58. The van der Waals surface area contributed by atoms with E-state index in [1.54, 1.807) is 0 Å². The zero-order chi connectivity index (χ0) is 13.9. The summed E-state index contributed by atoms with van der Waals surface area (Å²) in [7, 11) is 1.83. The number of aliphatic hydroxyl groups is 1. The number of benzene rings is 1. The third-order valence-corrected chi connectivity index (χ3v) is 2.49. The second-order valence-corrected chi connectivity index (χ2v) is 4.22. The minimum absolute atomic E-state index is 0.0167. The highest BCUT2D eigenvalue weighted by Crippen LogP contribution is 2.00. The Bertz CT molecular complexity index is 356. The number of carbonyl (C=O) groups excluding carboxylic acids is 1. The lowest BCUT2D eigenvalue weighted by atomic mass is 10.2. The van der Waals surface area contributed by atoms with Gasteiger partial charge < -0.3 is 14.6 Å². The van der Waals surface area contributed by atoms with Gasteiger partial charge in [-0.25, -0.2) is 0 Å². The molecule has 0 amide bonds. The van der Waals surface area contributed by atoms with E-state index >= 15 is 0 Å². The molecule has 0 heterocycles. The molecule has 0 saturated heterocycles. The molecular weight excluding hydrogens is 246 g/mol. The van der Waals surface area contributed by atoms with Crippen molar-refractivity contribution in [3.05, 3.63) is 35.9 Å². The van der Waals surface area contributed by atoms with Crippen molar-refractivity contribution in [1.29, 1.82) is 0 Å². The number of rotatable bonds is 9. The molecule has 1 rings (SSSR count). The van der Waals surface area contributed by atoms with Crippen molar-refractivity contribution in [2.24, 2.45) is 0 Å². The summed E-state index contributed by atoms with van der Waals surface area (Å²) in [5, 5.41) is 8.54. The average Bonchev–Trinajstić information content (AvgIpc) is 2.42. The van der Waals surface area contributed by atoms with Gasteiger partial charge in [-0.1, -0.05) is 30.3 Å². The highest BCUT2D eigenvalue weighted by Gasteiger charge is 2.07. The van der Waals surface area contributed by atoms with Crippen molar-refractivity contribution in [2.45, 2.75) is 6.61 Å². The van der Waals surface area contributed by atoms with Crippen molar-refractivity contribution in [3.63, 3.8) is 0 Å². The van der Waals surface area contributed by atoms with Crippen LogP contribution in [0.25, 0.3) is 0 Å². The van der Waals surface area contributed by atoms with Crippen LogP contribution in [0.4, 0.5) is 0 Å². The topological polar surface area (TPSA) is 59.0 Å². The van der Waals surface area contributed by atoms with Crippen LogP contribution in [0, 0.1) is 0 Å². The molecule has 19 heavy (non-hydrogen) atoms. The van der Waals surface area contributed by atoms with E-state index in [-0.39, 0.29) is 19.1 Å². The van der Waals surface area contributed by atoms with Gasteiger partial charge in [0.05, 0.1) is 26.4 Å². The maximum absolute atomic E-state index is 11.6. The molecule has 0 aliphatic rings. The maximum Gasteiger partial charge on any atom is 0.320 e. The number of likely N-dealkylation sites (N-methyl/N-ethyl adjacent to an activating group) is 1. The molecule has 106 valence electrons. The van der Waals surface area contributed by atoms with E-state index in [2.05, 4.69) is 0 Å². The minimum atomic E-state index is -0.256. The van der Waals surface area contributed by atoms with Crippen LogP contribution in [0.1, 0.15) is 5.56 Å². The van der Waals surface area contributed by atoms with Gasteiger partial charge in [0.25, 0.3) is 0 Å². The van der Waals surface area contributed by atoms with Gasteiger partial charge in [0.15, 0.2) is 0 Å². The zero-order valence-electron chi connectivity index (χ0n) is 11.2. The fourth-order valence-electron chi connectivity index (χ4n) is 1.47. The van der Waals surface area contributed by atoms with Gasteiger partial charge in [-0.05, 0) is 12.6 Å². The Morgan fingerprint density at radius 2 is 2.00 bits per heavy atom. The first kappa shape index (κ1) is 15.6.